The maximum absolute atomic E-state index is 13.1. The van der Waals surface area contributed by atoms with E-state index in [-0.39, 0.29) is 11.9 Å². The first-order chi connectivity index (χ1) is 8.74. The number of benzene rings is 1. The lowest BCUT2D eigenvalue weighted by Gasteiger charge is -2.16. The Labute approximate surface area is 109 Å². The number of thiophene rings is 1. The highest BCUT2D eigenvalue weighted by atomic mass is 32.1. The monoisotopic (exact) mass is 266 g/mol. The standard InChI is InChI=1S/C13H15FN2OS/c1-17-12-5-6-18-13(12)11(16-15)8-9-3-2-4-10(14)7-9/h2-7,11,16H,8,15H2,1H3. The molecule has 0 fully saturated rings. The fourth-order valence-corrected chi connectivity index (χ4v) is 2.78. The zero-order chi connectivity index (χ0) is 13.0. The van der Waals surface area contributed by atoms with Crippen molar-refractivity contribution in [2.75, 3.05) is 7.11 Å². The van der Waals surface area contributed by atoms with Gasteiger partial charge in [0.15, 0.2) is 0 Å². The van der Waals surface area contributed by atoms with Crippen LogP contribution in [0.2, 0.25) is 0 Å². The summed E-state index contributed by atoms with van der Waals surface area (Å²) in [7, 11) is 1.63. The van der Waals surface area contributed by atoms with Crippen LogP contribution >= 0.6 is 11.3 Å². The topological polar surface area (TPSA) is 47.3 Å². The van der Waals surface area contributed by atoms with Gasteiger partial charge in [-0.15, -0.1) is 11.3 Å². The number of nitrogens with one attached hydrogen (secondary N) is 1. The number of halogens is 1. The van der Waals surface area contributed by atoms with Crippen molar-refractivity contribution in [1.82, 2.24) is 5.43 Å². The molecule has 1 unspecified atom stereocenters. The van der Waals surface area contributed by atoms with E-state index >= 15 is 0 Å². The Bertz CT molecular complexity index is 515. The first-order valence-electron chi connectivity index (χ1n) is 5.56. The molecule has 0 amide bonds. The molecule has 2 rings (SSSR count). The maximum atomic E-state index is 13.1. The summed E-state index contributed by atoms with van der Waals surface area (Å²) in [5.41, 5.74) is 3.65. The van der Waals surface area contributed by atoms with Crippen molar-refractivity contribution in [3.05, 3.63) is 52.0 Å². The zero-order valence-corrected chi connectivity index (χ0v) is 10.8. The van der Waals surface area contributed by atoms with Gasteiger partial charge < -0.3 is 4.74 Å². The lowest BCUT2D eigenvalue weighted by Crippen LogP contribution is -2.29. The van der Waals surface area contributed by atoms with Crippen molar-refractivity contribution in [3.8, 4) is 5.75 Å². The zero-order valence-electron chi connectivity index (χ0n) is 10.0. The summed E-state index contributed by atoms with van der Waals surface area (Å²) in [5, 5.41) is 1.95. The third-order valence-electron chi connectivity index (χ3n) is 2.72. The second-order valence-corrected chi connectivity index (χ2v) is 4.85. The number of hydrogen-bond donors (Lipinski definition) is 2. The molecule has 1 aromatic carbocycles. The van der Waals surface area contributed by atoms with Gasteiger partial charge in [0.2, 0.25) is 0 Å². The predicted octanol–water partition coefficient (Wildman–Crippen LogP) is 2.64. The molecule has 0 radical (unpaired) electrons. The molecule has 0 saturated heterocycles. The third kappa shape index (κ3) is 2.87. The van der Waals surface area contributed by atoms with Crippen molar-refractivity contribution in [2.45, 2.75) is 12.5 Å². The van der Waals surface area contributed by atoms with Gasteiger partial charge in [-0.3, -0.25) is 11.3 Å². The van der Waals surface area contributed by atoms with Crippen molar-refractivity contribution < 1.29 is 9.13 Å². The molecule has 3 N–H and O–H groups in total. The molecule has 1 aromatic heterocycles. The summed E-state index contributed by atoms with van der Waals surface area (Å²) in [6, 6.07) is 8.35. The van der Waals surface area contributed by atoms with Gasteiger partial charge >= 0.3 is 0 Å². The van der Waals surface area contributed by atoms with Crippen LogP contribution in [0, 0.1) is 5.82 Å². The van der Waals surface area contributed by atoms with E-state index < -0.39 is 0 Å². The molecule has 1 heterocycles. The average Bonchev–Trinajstić information content (AvgIpc) is 2.84. The molecule has 0 aliphatic rings. The van der Waals surface area contributed by atoms with Gasteiger partial charge in [-0.05, 0) is 35.6 Å². The number of rotatable bonds is 5. The fourth-order valence-electron chi connectivity index (χ4n) is 1.86. The maximum Gasteiger partial charge on any atom is 0.134 e. The smallest absolute Gasteiger partial charge is 0.134 e. The molecule has 5 heteroatoms. The Kier molecular flexibility index (Phi) is 4.30. The summed E-state index contributed by atoms with van der Waals surface area (Å²) < 4.78 is 18.4. The molecule has 0 saturated carbocycles. The molecule has 96 valence electrons. The molecule has 1 atom stereocenters. The van der Waals surface area contributed by atoms with E-state index in [1.807, 2.05) is 17.5 Å². The minimum absolute atomic E-state index is 0.0817. The van der Waals surface area contributed by atoms with E-state index in [9.17, 15) is 4.39 Å². The highest BCUT2D eigenvalue weighted by Crippen LogP contribution is 2.32. The van der Waals surface area contributed by atoms with Gasteiger partial charge in [0.05, 0.1) is 18.0 Å². The quantitative estimate of drug-likeness (QED) is 0.646. The lowest BCUT2D eigenvalue weighted by atomic mass is 10.0. The highest BCUT2D eigenvalue weighted by molar-refractivity contribution is 7.10. The first-order valence-corrected chi connectivity index (χ1v) is 6.44. The van der Waals surface area contributed by atoms with Gasteiger partial charge in [-0.1, -0.05) is 12.1 Å². The van der Waals surface area contributed by atoms with E-state index in [2.05, 4.69) is 5.43 Å². The fraction of sp³-hybridized carbons (Fsp3) is 0.231. The van der Waals surface area contributed by atoms with E-state index in [1.165, 1.54) is 12.1 Å². The molecule has 18 heavy (non-hydrogen) atoms. The molecule has 0 aliphatic carbocycles. The van der Waals surface area contributed by atoms with Crippen LogP contribution < -0.4 is 16.0 Å². The van der Waals surface area contributed by atoms with Gasteiger partial charge in [0.1, 0.15) is 11.6 Å². The normalized spacial score (nSPS) is 12.4. The molecular formula is C13H15FN2OS. The third-order valence-corrected chi connectivity index (χ3v) is 3.74. The van der Waals surface area contributed by atoms with Crippen LogP contribution in [-0.4, -0.2) is 7.11 Å². The SMILES string of the molecule is COc1ccsc1C(Cc1cccc(F)c1)NN. The minimum Gasteiger partial charge on any atom is -0.496 e. The van der Waals surface area contributed by atoms with Crippen molar-refractivity contribution in [2.24, 2.45) is 5.84 Å². The van der Waals surface area contributed by atoms with Crippen molar-refractivity contribution in [1.29, 1.82) is 0 Å². The first kappa shape index (κ1) is 13.0. The van der Waals surface area contributed by atoms with E-state index in [1.54, 1.807) is 24.5 Å². The number of hydrazine groups is 1. The Morgan fingerprint density at radius 3 is 2.94 bits per heavy atom. The van der Waals surface area contributed by atoms with Crippen LogP contribution in [-0.2, 0) is 6.42 Å². The second kappa shape index (κ2) is 5.95. The van der Waals surface area contributed by atoms with E-state index in [0.717, 1.165) is 16.2 Å². The average molecular weight is 266 g/mol. The summed E-state index contributed by atoms with van der Waals surface area (Å²) in [5.74, 6) is 6.15. The van der Waals surface area contributed by atoms with Crippen LogP contribution in [0.3, 0.4) is 0 Å². The van der Waals surface area contributed by atoms with Crippen LogP contribution in [0.1, 0.15) is 16.5 Å². The van der Waals surface area contributed by atoms with Crippen molar-refractivity contribution >= 4 is 11.3 Å². The Morgan fingerprint density at radius 2 is 2.28 bits per heavy atom. The summed E-state index contributed by atoms with van der Waals surface area (Å²) in [6.45, 7) is 0. The lowest BCUT2D eigenvalue weighted by molar-refractivity contribution is 0.403. The Hall–Kier alpha value is -1.43. The van der Waals surface area contributed by atoms with Gasteiger partial charge in [0.25, 0.3) is 0 Å². The summed E-state index contributed by atoms with van der Waals surface area (Å²) in [6.07, 6.45) is 0.616. The van der Waals surface area contributed by atoms with E-state index in [4.69, 9.17) is 10.6 Å². The predicted molar refractivity (Wildman–Crippen MR) is 71.0 cm³/mol. The number of hydrogen-bond acceptors (Lipinski definition) is 4. The molecular weight excluding hydrogens is 251 g/mol. The molecule has 2 aromatic rings. The minimum atomic E-state index is -0.235. The van der Waals surface area contributed by atoms with Gasteiger partial charge in [-0.25, -0.2) is 4.39 Å². The molecule has 3 nitrogen and oxygen atoms in total. The number of nitrogens with two attached hydrogens (primary N) is 1. The molecule has 0 bridgehead atoms. The second-order valence-electron chi connectivity index (χ2n) is 3.91. The Morgan fingerprint density at radius 1 is 1.44 bits per heavy atom. The van der Waals surface area contributed by atoms with Crippen LogP contribution in [0.15, 0.2) is 35.7 Å². The van der Waals surface area contributed by atoms with Gasteiger partial charge in [0, 0.05) is 0 Å². The highest BCUT2D eigenvalue weighted by Gasteiger charge is 2.17. The van der Waals surface area contributed by atoms with Gasteiger partial charge in [-0.2, -0.15) is 0 Å². The van der Waals surface area contributed by atoms with Crippen molar-refractivity contribution in [3.63, 3.8) is 0 Å². The van der Waals surface area contributed by atoms with E-state index in [0.29, 0.717) is 6.42 Å². The number of ether oxygens (including phenoxy) is 1. The Balaban J connectivity index is 2.20. The molecule has 0 spiro atoms. The molecule has 0 aliphatic heterocycles. The summed E-state index contributed by atoms with van der Waals surface area (Å²) in [4.78, 5) is 1.02. The summed E-state index contributed by atoms with van der Waals surface area (Å²) >= 11 is 1.57. The van der Waals surface area contributed by atoms with Crippen LogP contribution in [0.5, 0.6) is 5.75 Å². The largest absolute Gasteiger partial charge is 0.496 e. The number of methoxy groups -OCH3 is 1. The van der Waals surface area contributed by atoms with Crippen LogP contribution in [0.4, 0.5) is 4.39 Å². The van der Waals surface area contributed by atoms with Crippen LogP contribution in [0.25, 0.3) is 0 Å².